The lowest BCUT2D eigenvalue weighted by atomic mass is 10.0. The average Bonchev–Trinajstić information content (AvgIpc) is 3.29. The number of ether oxygens (including phenoxy) is 1. The van der Waals surface area contributed by atoms with Crippen LogP contribution in [0.5, 0.6) is 0 Å². The first-order valence-electron chi connectivity index (χ1n) is 26.8. The van der Waals surface area contributed by atoms with Crippen LogP contribution in [0.4, 0.5) is 0 Å². The van der Waals surface area contributed by atoms with Crippen LogP contribution in [0.1, 0.15) is 245 Å². The summed E-state index contributed by atoms with van der Waals surface area (Å²) in [6.07, 6.45) is 66.4. The molecule has 6 heteroatoms. The molecule has 0 saturated carbocycles. The number of hydrogen-bond donors (Lipinski definition) is 3. The smallest absolute Gasteiger partial charge is 0.306 e. The van der Waals surface area contributed by atoms with Gasteiger partial charge in [0.1, 0.15) is 6.10 Å². The molecule has 0 aromatic heterocycles. The van der Waals surface area contributed by atoms with Crippen molar-refractivity contribution in [3.05, 3.63) is 85.1 Å². The monoisotopic (exact) mass is 892 g/mol. The number of amides is 1. The van der Waals surface area contributed by atoms with E-state index in [4.69, 9.17) is 4.74 Å². The Morgan fingerprint density at radius 3 is 1.38 bits per heavy atom. The predicted molar refractivity (Wildman–Crippen MR) is 278 cm³/mol. The number of aliphatic hydroxyl groups is 2. The summed E-state index contributed by atoms with van der Waals surface area (Å²) in [5.41, 5.74) is 0. The Labute approximate surface area is 395 Å². The third kappa shape index (κ3) is 45.6. The normalized spacial score (nSPS) is 13.9. The SMILES string of the molecule is CCCCC/C=C\C/C=C\C/C=C\C/C=C\CCCCCC(=O)OC(CCCCC/C=C/C=C/C=C/CCCCCCC)CC(=O)NC(CO)C(O)CCCCCCCCCCCC. The summed E-state index contributed by atoms with van der Waals surface area (Å²) in [7, 11) is 0. The molecule has 368 valence electrons. The molecular formula is C58H101NO5. The molecule has 64 heavy (non-hydrogen) atoms. The maximum atomic E-state index is 13.2. The number of carbonyl (C=O) groups is 2. The van der Waals surface area contributed by atoms with Crippen LogP contribution < -0.4 is 5.32 Å². The van der Waals surface area contributed by atoms with Gasteiger partial charge in [0.15, 0.2) is 0 Å². The second-order valence-corrected chi connectivity index (χ2v) is 18.0. The summed E-state index contributed by atoms with van der Waals surface area (Å²) in [4.78, 5) is 26.2. The van der Waals surface area contributed by atoms with Gasteiger partial charge in [-0.15, -0.1) is 0 Å². The maximum Gasteiger partial charge on any atom is 0.306 e. The van der Waals surface area contributed by atoms with Gasteiger partial charge in [-0.2, -0.15) is 0 Å². The van der Waals surface area contributed by atoms with Crippen molar-refractivity contribution in [3.63, 3.8) is 0 Å². The lowest BCUT2D eigenvalue weighted by Crippen LogP contribution is -2.46. The van der Waals surface area contributed by atoms with Crippen LogP contribution in [-0.4, -0.2) is 46.9 Å². The van der Waals surface area contributed by atoms with Gasteiger partial charge in [-0.05, 0) is 96.3 Å². The van der Waals surface area contributed by atoms with Gasteiger partial charge >= 0.3 is 5.97 Å². The van der Waals surface area contributed by atoms with Gasteiger partial charge in [-0.3, -0.25) is 9.59 Å². The minimum atomic E-state index is -0.806. The van der Waals surface area contributed by atoms with Crippen LogP contribution in [0.3, 0.4) is 0 Å². The highest BCUT2D eigenvalue weighted by molar-refractivity contribution is 5.77. The summed E-state index contributed by atoms with van der Waals surface area (Å²) >= 11 is 0. The molecule has 0 fully saturated rings. The highest BCUT2D eigenvalue weighted by Gasteiger charge is 2.24. The van der Waals surface area contributed by atoms with Crippen molar-refractivity contribution < 1.29 is 24.5 Å². The lowest BCUT2D eigenvalue weighted by Gasteiger charge is -2.24. The number of allylic oxidation sites excluding steroid dienone is 14. The molecule has 0 spiro atoms. The van der Waals surface area contributed by atoms with E-state index in [2.05, 4.69) is 111 Å². The summed E-state index contributed by atoms with van der Waals surface area (Å²) in [6.45, 7) is 6.41. The molecule has 3 atom stereocenters. The number of hydrogen-bond acceptors (Lipinski definition) is 5. The maximum absolute atomic E-state index is 13.2. The Morgan fingerprint density at radius 1 is 0.469 bits per heavy atom. The first-order valence-corrected chi connectivity index (χ1v) is 26.8. The van der Waals surface area contributed by atoms with Crippen molar-refractivity contribution in [2.24, 2.45) is 0 Å². The van der Waals surface area contributed by atoms with Crippen LogP contribution in [-0.2, 0) is 14.3 Å². The number of rotatable bonds is 47. The largest absolute Gasteiger partial charge is 0.462 e. The molecule has 0 aliphatic rings. The van der Waals surface area contributed by atoms with E-state index < -0.39 is 18.2 Å². The molecule has 3 N–H and O–H groups in total. The van der Waals surface area contributed by atoms with E-state index in [9.17, 15) is 19.8 Å². The van der Waals surface area contributed by atoms with Crippen molar-refractivity contribution >= 4 is 11.9 Å². The molecule has 0 saturated heterocycles. The number of unbranched alkanes of at least 4 members (excludes halogenated alkanes) is 23. The second kappa shape index (κ2) is 51.0. The molecule has 0 bridgehead atoms. The number of nitrogens with one attached hydrogen (secondary N) is 1. The molecule has 0 aliphatic carbocycles. The molecule has 0 aromatic rings. The van der Waals surface area contributed by atoms with Crippen molar-refractivity contribution in [1.29, 1.82) is 0 Å². The lowest BCUT2D eigenvalue weighted by molar-refractivity contribution is -0.151. The molecule has 1 amide bonds. The first-order chi connectivity index (χ1) is 31.5. The fourth-order valence-corrected chi connectivity index (χ4v) is 7.65. The van der Waals surface area contributed by atoms with E-state index in [0.29, 0.717) is 19.3 Å². The van der Waals surface area contributed by atoms with E-state index in [0.717, 1.165) is 96.3 Å². The van der Waals surface area contributed by atoms with Crippen LogP contribution in [0.2, 0.25) is 0 Å². The Morgan fingerprint density at radius 2 is 0.859 bits per heavy atom. The zero-order valence-corrected chi connectivity index (χ0v) is 41.9. The first kappa shape index (κ1) is 61.0. The van der Waals surface area contributed by atoms with Crippen LogP contribution in [0, 0.1) is 0 Å². The van der Waals surface area contributed by atoms with Gasteiger partial charge < -0.3 is 20.3 Å². The van der Waals surface area contributed by atoms with Crippen molar-refractivity contribution in [2.75, 3.05) is 6.61 Å². The number of carbonyl (C=O) groups excluding carboxylic acids is 2. The van der Waals surface area contributed by atoms with E-state index in [1.54, 1.807) is 0 Å². The van der Waals surface area contributed by atoms with Crippen molar-refractivity contribution in [2.45, 2.75) is 264 Å². The van der Waals surface area contributed by atoms with Gasteiger partial charge in [0.2, 0.25) is 5.91 Å². The summed E-state index contributed by atoms with van der Waals surface area (Å²) in [5.74, 6) is -0.547. The third-order valence-electron chi connectivity index (χ3n) is 11.8. The highest BCUT2D eigenvalue weighted by Crippen LogP contribution is 2.17. The molecule has 6 nitrogen and oxygen atoms in total. The van der Waals surface area contributed by atoms with Crippen LogP contribution in [0.15, 0.2) is 85.1 Å². The Kier molecular flexibility index (Phi) is 48.7. The van der Waals surface area contributed by atoms with Crippen LogP contribution >= 0.6 is 0 Å². The number of aliphatic hydroxyl groups excluding tert-OH is 2. The summed E-state index contributed by atoms with van der Waals surface area (Å²) in [6, 6.07) is -0.723. The van der Waals surface area contributed by atoms with E-state index in [-0.39, 0.29) is 24.9 Å². The Hall–Kier alpha value is -2.96. The predicted octanol–water partition coefficient (Wildman–Crippen LogP) is 16.3. The van der Waals surface area contributed by atoms with Gasteiger partial charge in [0.05, 0.1) is 25.2 Å². The van der Waals surface area contributed by atoms with Crippen molar-refractivity contribution in [1.82, 2.24) is 5.32 Å². The van der Waals surface area contributed by atoms with E-state index >= 15 is 0 Å². The molecule has 3 unspecified atom stereocenters. The molecule has 0 aromatic carbocycles. The fourth-order valence-electron chi connectivity index (χ4n) is 7.65. The topological polar surface area (TPSA) is 95.9 Å². The average molecular weight is 892 g/mol. The molecule has 0 aliphatic heterocycles. The minimum Gasteiger partial charge on any atom is -0.462 e. The van der Waals surface area contributed by atoms with Crippen LogP contribution in [0.25, 0.3) is 0 Å². The summed E-state index contributed by atoms with van der Waals surface area (Å²) in [5, 5.41) is 23.7. The van der Waals surface area contributed by atoms with Crippen molar-refractivity contribution in [3.8, 4) is 0 Å². The Bertz CT molecular complexity index is 1230. The third-order valence-corrected chi connectivity index (χ3v) is 11.8. The molecule has 0 rings (SSSR count). The fraction of sp³-hybridized carbons (Fsp3) is 0.724. The van der Waals surface area contributed by atoms with Gasteiger partial charge in [0, 0.05) is 6.42 Å². The standard InChI is InChI=1S/C58H101NO5/c1-4-7-10-13-16-19-22-24-26-28-29-30-32-34-36-39-42-45-48-51-58(63)64-54(49-46-43-40-37-35-33-31-27-25-23-20-17-14-11-8-5-2)52-57(62)59-55(53-60)56(61)50-47-44-41-38-21-18-15-12-9-6-3/h16,19,23-27,29-31,33-36,54-56,60-61H,4-15,17-18,20-22,28,32,37-53H2,1-3H3,(H,59,62)/b19-16-,25-23+,26-24-,30-29-,31-27+,35-33+,36-34-. The molecule has 0 heterocycles. The zero-order chi connectivity index (χ0) is 46.7. The Balaban J connectivity index is 4.72. The highest BCUT2D eigenvalue weighted by atomic mass is 16.5. The van der Waals surface area contributed by atoms with E-state index in [1.165, 1.54) is 103 Å². The zero-order valence-electron chi connectivity index (χ0n) is 41.9. The second-order valence-electron chi connectivity index (χ2n) is 18.0. The quantitative estimate of drug-likeness (QED) is 0.0245. The van der Waals surface area contributed by atoms with Gasteiger partial charge in [-0.1, -0.05) is 221 Å². The van der Waals surface area contributed by atoms with Gasteiger partial charge in [-0.25, -0.2) is 0 Å². The number of esters is 1. The van der Waals surface area contributed by atoms with Gasteiger partial charge in [0.25, 0.3) is 0 Å². The van der Waals surface area contributed by atoms with E-state index in [1.807, 2.05) is 0 Å². The summed E-state index contributed by atoms with van der Waals surface area (Å²) < 4.78 is 5.91. The minimum absolute atomic E-state index is 0.0379. The molecular weight excluding hydrogens is 791 g/mol. The molecule has 0 radical (unpaired) electrons.